The maximum absolute atomic E-state index is 7.42. The van der Waals surface area contributed by atoms with Gasteiger partial charge in [-0.25, -0.2) is 0 Å². The molecule has 1 atom stereocenters. The van der Waals surface area contributed by atoms with Crippen LogP contribution in [0.1, 0.15) is 0 Å². The normalized spacial score (nSPS) is 20.2. The number of morpholine rings is 1. The molecule has 1 unspecified atom stereocenters. The van der Waals surface area contributed by atoms with Crippen molar-refractivity contribution in [3.63, 3.8) is 0 Å². The van der Waals surface area contributed by atoms with Crippen LogP contribution in [0.3, 0.4) is 0 Å². The zero-order chi connectivity index (χ0) is 12.5. The summed E-state index contributed by atoms with van der Waals surface area (Å²) in [6, 6.07) is 3.63. The van der Waals surface area contributed by atoms with E-state index in [9.17, 15) is 0 Å². The third-order valence-electron chi connectivity index (χ3n) is 2.79. The molecule has 1 aliphatic heterocycles. The molecular formula is C9H12N8O. The maximum Gasteiger partial charge on any atom is 0.200 e. The molecule has 1 fully saturated rings. The van der Waals surface area contributed by atoms with E-state index < -0.39 is 0 Å². The van der Waals surface area contributed by atoms with Gasteiger partial charge in [0.05, 0.1) is 13.2 Å². The lowest BCUT2D eigenvalue weighted by Gasteiger charge is -2.32. The first-order valence-electron chi connectivity index (χ1n) is 5.50. The molecule has 0 radical (unpaired) electrons. The van der Waals surface area contributed by atoms with E-state index in [-0.39, 0.29) is 11.9 Å². The molecule has 2 aromatic heterocycles. The maximum atomic E-state index is 7.42. The van der Waals surface area contributed by atoms with Gasteiger partial charge in [0.1, 0.15) is 11.9 Å². The number of fused-ring (bicyclic) bond motifs is 1. The highest BCUT2D eigenvalue weighted by molar-refractivity contribution is 5.82. The van der Waals surface area contributed by atoms with Crippen LogP contribution < -0.4 is 10.6 Å². The highest BCUT2D eigenvalue weighted by atomic mass is 16.5. The third-order valence-corrected chi connectivity index (χ3v) is 2.79. The predicted molar refractivity (Wildman–Crippen MR) is 62.4 cm³/mol. The summed E-state index contributed by atoms with van der Waals surface area (Å²) >= 11 is 0. The molecule has 0 aromatic carbocycles. The van der Waals surface area contributed by atoms with E-state index in [0.29, 0.717) is 25.3 Å². The number of nitrogens with zero attached hydrogens (tertiary/aromatic N) is 6. The largest absolute Gasteiger partial charge is 0.385 e. The Hall–Kier alpha value is -2.29. The van der Waals surface area contributed by atoms with Gasteiger partial charge >= 0.3 is 0 Å². The molecular weight excluding hydrogens is 236 g/mol. The molecule has 1 saturated heterocycles. The average Bonchev–Trinajstić information content (AvgIpc) is 2.86. The SMILES string of the molecule is N=C(N)C1CN(c2ccc3nnnn3n2)CCO1. The summed E-state index contributed by atoms with van der Waals surface area (Å²) in [6.45, 7) is 1.72. The first-order valence-corrected chi connectivity index (χ1v) is 5.50. The number of hydrogen-bond donors (Lipinski definition) is 2. The highest BCUT2D eigenvalue weighted by Crippen LogP contribution is 2.14. The van der Waals surface area contributed by atoms with Gasteiger partial charge in [-0.05, 0) is 22.6 Å². The van der Waals surface area contributed by atoms with Crippen molar-refractivity contribution in [1.82, 2.24) is 25.3 Å². The van der Waals surface area contributed by atoms with Gasteiger partial charge in [0.15, 0.2) is 11.5 Å². The zero-order valence-corrected chi connectivity index (χ0v) is 9.52. The van der Waals surface area contributed by atoms with E-state index in [1.165, 1.54) is 4.63 Å². The lowest BCUT2D eigenvalue weighted by Crippen LogP contribution is -2.48. The Morgan fingerprint density at radius 2 is 2.39 bits per heavy atom. The van der Waals surface area contributed by atoms with Crippen molar-refractivity contribution in [3.05, 3.63) is 12.1 Å². The minimum Gasteiger partial charge on any atom is -0.385 e. The van der Waals surface area contributed by atoms with Gasteiger partial charge < -0.3 is 15.4 Å². The molecule has 3 heterocycles. The van der Waals surface area contributed by atoms with Crippen LogP contribution in [0.15, 0.2) is 12.1 Å². The number of hydrogen-bond acceptors (Lipinski definition) is 7. The monoisotopic (exact) mass is 248 g/mol. The zero-order valence-electron chi connectivity index (χ0n) is 9.52. The summed E-state index contributed by atoms with van der Waals surface area (Å²) in [6.07, 6.45) is -0.384. The second-order valence-corrected chi connectivity index (χ2v) is 3.98. The van der Waals surface area contributed by atoms with Crippen molar-refractivity contribution in [2.24, 2.45) is 5.73 Å². The molecule has 0 aliphatic carbocycles. The number of anilines is 1. The predicted octanol–water partition coefficient (Wildman–Crippen LogP) is -1.34. The van der Waals surface area contributed by atoms with Gasteiger partial charge in [-0.15, -0.1) is 14.8 Å². The van der Waals surface area contributed by atoms with Crippen LogP contribution in [0.5, 0.6) is 0 Å². The molecule has 9 heteroatoms. The molecule has 0 saturated carbocycles. The summed E-state index contributed by atoms with van der Waals surface area (Å²) in [5.41, 5.74) is 6.05. The topological polar surface area (TPSA) is 118 Å². The second kappa shape index (κ2) is 4.18. The summed E-state index contributed by atoms with van der Waals surface area (Å²) in [4.78, 5) is 2.00. The van der Waals surface area contributed by atoms with Gasteiger partial charge in [0.25, 0.3) is 0 Å². The molecule has 18 heavy (non-hydrogen) atoms. The molecule has 0 bridgehead atoms. The minimum absolute atomic E-state index is 0.0307. The van der Waals surface area contributed by atoms with Crippen LogP contribution in [0.4, 0.5) is 5.82 Å². The van der Waals surface area contributed by atoms with Crippen molar-refractivity contribution in [1.29, 1.82) is 5.41 Å². The van der Waals surface area contributed by atoms with Gasteiger partial charge in [0.2, 0.25) is 0 Å². The standard InChI is InChI=1S/C9H12N8O/c10-9(11)6-5-16(3-4-18-6)8-2-1-7-12-14-15-17(7)13-8/h1-2,6H,3-5H2,(H3,10,11). The van der Waals surface area contributed by atoms with Crippen molar-refractivity contribution < 1.29 is 4.74 Å². The Balaban J connectivity index is 1.86. The van der Waals surface area contributed by atoms with Gasteiger partial charge in [0, 0.05) is 6.54 Å². The Bertz CT molecular complexity index is 581. The van der Waals surface area contributed by atoms with E-state index in [4.69, 9.17) is 15.9 Å². The minimum atomic E-state index is -0.384. The van der Waals surface area contributed by atoms with Crippen LogP contribution >= 0.6 is 0 Å². The van der Waals surface area contributed by atoms with Crippen LogP contribution in [0.25, 0.3) is 5.65 Å². The Labute approximate surface area is 102 Å². The fraction of sp³-hybridized carbons (Fsp3) is 0.444. The fourth-order valence-electron chi connectivity index (χ4n) is 1.85. The van der Waals surface area contributed by atoms with E-state index in [0.717, 1.165) is 5.82 Å². The van der Waals surface area contributed by atoms with Crippen molar-refractivity contribution in [2.45, 2.75) is 6.10 Å². The van der Waals surface area contributed by atoms with E-state index in [2.05, 4.69) is 20.6 Å². The summed E-state index contributed by atoms with van der Waals surface area (Å²) in [7, 11) is 0. The quantitative estimate of drug-likeness (QED) is 0.498. The fourth-order valence-corrected chi connectivity index (χ4v) is 1.85. The second-order valence-electron chi connectivity index (χ2n) is 3.98. The number of tetrazole rings is 1. The summed E-state index contributed by atoms with van der Waals surface area (Å²) in [5, 5.41) is 22.8. The molecule has 94 valence electrons. The number of nitrogens with one attached hydrogen (secondary N) is 1. The number of aromatic nitrogens is 5. The third kappa shape index (κ3) is 1.84. The van der Waals surface area contributed by atoms with E-state index in [1.54, 1.807) is 6.07 Å². The molecule has 1 aliphatic rings. The van der Waals surface area contributed by atoms with Crippen LogP contribution in [-0.4, -0.2) is 56.9 Å². The summed E-state index contributed by atoms with van der Waals surface area (Å²) < 4.78 is 6.77. The smallest absolute Gasteiger partial charge is 0.200 e. The van der Waals surface area contributed by atoms with Gasteiger partial charge in [-0.1, -0.05) is 0 Å². The first kappa shape index (κ1) is 10.8. The van der Waals surface area contributed by atoms with Crippen molar-refractivity contribution in [3.8, 4) is 0 Å². The highest BCUT2D eigenvalue weighted by Gasteiger charge is 2.23. The van der Waals surface area contributed by atoms with Crippen LogP contribution in [-0.2, 0) is 4.74 Å². The molecule has 0 spiro atoms. The number of amidine groups is 1. The lowest BCUT2D eigenvalue weighted by atomic mass is 10.2. The first-order chi connectivity index (χ1) is 8.74. The van der Waals surface area contributed by atoms with Gasteiger partial charge in [-0.2, -0.15) is 0 Å². The Kier molecular flexibility index (Phi) is 2.52. The summed E-state index contributed by atoms with van der Waals surface area (Å²) in [5.74, 6) is 0.771. The van der Waals surface area contributed by atoms with Crippen LogP contribution in [0.2, 0.25) is 0 Å². The van der Waals surface area contributed by atoms with Crippen molar-refractivity contribution >= 4 is 17.3 Å². The molecule has 3 N–H and O–H groups in total. The lowest BCUT2D eigenvalue weighted by molar-refractivity contribution is 0.0822. The number of ether oxygens (including phenoxy) is 1. The molecule has 0 amide bonds. The van der Waals surface area contributed by atoms with E-state index >= 15 is 0 Å². The van der Waals surface area contributed by atoms with Crippen molar-refractivity contribution in [2.75, 3.05) is 24.6 Å². The van der Waals surface area contributed by atoms with Crippen LogP contribution in [0, 0.1) is 5.41 Å². The molecule has 9 nitrogen and oxygen atoms in total. The Morgan fingerprint density at radius 3 is 3.22 bits per heavy atom. The number of rotatable bonds is 2. The molecule has 2 aromatic rings. The Morgan fingerprint density at radius 1 is 1.50 bits per heavy atom. The average molecular weight is 248 g/mol. The van der Waals surface area contributed by atoms with E-state index in [1.807, 2.05) is 11.0 Å². The molecule has 3 rings (SSSR count). The number of nitrogens with two attached hydrogens (primary N) is 1. The van der Waals surface area contributed by atoms with Gasteiger partial charge in [-0.3, -0.25) is 5.41 Å².